The maximum absolute atomic E-state index is 12.6. The molecule has 0 aromatic heterocycles. The number of aryl methyl sites for hydroxylation is 1. The molecule has 144 valence electrons. The first kappa shape index (κ1) is 20.4. The Morgan fingerprint density at radius 2 is 2.04 bits per heavy atom. The molecule has 1 aliphatic rings. The molecule has 0 spiro atoms. The highest BCUT2D eigenvalue weighted by Gasteiger charge is 2.34. The number of piperidine rings is 1. The van der Waals surface area contributed by atoms with Crippen LogP contribution in [0.5, 0.6) is 0 Å². The molecule has 2 aromatic carbocycles. The molecule has 3 rings (SSSR count). The van der Waals surface area contributed by atoms with Crippen LogP contribution >= 0.6 is 27.5 Å². The van der Waals surface area contributed by atoms with Crippen molar-refractivity contribution in [3.8, 4) is 0 Å². The third-order valence-electron chi connectivity index (χ3n) is 5.06. The van der Waals surface area contributed by atoms with Crippen LogP contribution in [0.25, 0.3) is 0 Å². The molecule has 0 saturated carbocycles. The molecular formula is C22H25BrClNO2. The van der Waals surface area contributed by atoms with Crippen molar-refractivity contribution in [3.63, 3.8) is 0 Å². The highest BCUT2D eigenvalue weighted by Crippen LogP contribution is 2.29. The second-order valence-electron chi connectivity index (χ2n) is 7.59. The normalized spacial score (nSPS) is 20.4. The number of hydrogen-bond donors (Lipinski definition) is 0. The largest absolute Gasteiger partial charge is 0.458 e. The van der Waals surface area contributed by atoms with Crippen LogP contribution in [0.2, 0.25) is 5.02 Å². The third kappa shape index (κ3) is 5.56. The van der Waals surface area contributed by atoms with Gasteiger partial charge in [0.05, 0.1) is 11.4 Å². The first-order valence-electron chi connectivity index (χ1n) is 9.27. The van der Waals surface area contributed by atoms with E-state index < -0.39 is 5.60 Å². The molecule has 27 heavy (non-hydrogen) atoms. The molecule has 1 heterocycles. The molecule has 5 heteroatoms. The lowest BCUT2D eigenvalue weighted by Gasteiger charge is -2.40. The average molecular weight is 451 g/mol. The van der Waals surface area contributed by atoms with Gasteiger partial charge >= 0.3 is 5.97 Å². The molecule has 1 saturated heterocycles. The predicted octanol–water partition coefficient (Wildman–Crippen LogP) is 5.55. The number of ether oxygens (including phenoxy) is 1. The van der Waals surface area contributed by atoms with Gasteiger partial charge in [0.2, 0.25) is 0 Å². The quantitative estimate of drug-likeness (QED) is 0.559. The van der Waals surface area contributed by atoms with Gasteiger partial charge in [0.15, 0.2) is 0 Å². The van der Waals surface area contributed by atoms with Crippen LogP contribution in [0, 0.1) is 6.92 Å². The zero-order valence-corrected chi connectivity index (χ0v) is 18.1. The second kappa shape index (κ2) is 8.76. The van der Waals surface area contributed by atoms with Crippen molar-refractivity contribution < 1.29 is 9.53 Å². The molecule has 1 aliphatic heterocycles. The number of rotatable bonds is 5. The molecule has 3 nitrogen and oxygen atoms in total. The topological polar surface area (TPSA) is 29.5 Å². The van der Waals surface area contributed by atoms with E-state index in [0.717, 1.165) is 48.1 Å². The van der Waals surface area contributed by atoms with Crippen molar-refractivity contribution in [3.05, 3.63) is 68.7 Å². The van der Waals surface area contributed by atoms with Crippen LogP contribution in [0.4, 0.5) is 0 Å². The first-order chi connectivity index (χ1) is 12.8. The lowest BCUT2D eigenvalue weighted by molar-refractivity contribution is -0.162. The summed E-state index contributed by atoms with van der Waals surface area (Å²) in [5, 5.41) is 0.612. The summed E-state index contributed by atoms with van der Waals surface area (Å²) in [6.45, 7) is 6.70. The van der Waals surface area contributed by atoms with Crippen LogP contribution in [0.15, 0.2) is 46.9 Å². The van der Waals surface area contributed by atoms with E-state index in [4.69, 9.17) is 16.3 Å². The van der Waals surface area contributed by atoms with Gasteiger partial charge < -0.3 is 4.74 Å². The molecule has 0 aliphatic carbocycles. The van der Waals surface area contributed by atoms with Crippen molar-refractivity contribution in [1.29, 1.82) is 0 Å². The summed E-state index contributed by atoms with van der Waals surface area (Å²) in [6.07, 6.45) is 2.16. The smallest absolute Gasteiger partial charge is 0.310 e. The Labute approximate surface area is 174 Å². The number of carbonyl (C=O) groups excluding carboxylic acids is 1. The van der Waals surface area contributed by atoms with E-state index in [1.54, 1.807) is 0 Å². The predicted molar refractivity (Wildman–Crippen MR) is 113 cm³/mol. The summed E-state index contributed by atoms with van der Waals surface area (Å²) < 4.78 is 6.78. The number of esters is 1. The molecule has 0 N–H and O–H groups in total. The van der Waals surface area contributed by atoms with Crippen molar-refractivity contribution >= 4 is 33.5 Å². The van der Waals surface area contributed by atoms with E-state index in [9.17, 15) is 4.79 Å². The number of likely N-dealkylation sites (tertiary alicyclic amines) is 1. The van der Waals surface area contributed by atoms with E-state index >= 15 is 0 Å². The van der Waals surface area contributed by atoms with E-state index in [2.05, 4.69) is 45.1 Å². The van der Waals surface area contributed by atoms with Gasteiger partial charge in [-0.2, -0.15) is 0 Å². The highest BCUT2D eigenvalue weighted by molar-refractivity contribution is 9.10. The summed E-state index contributed by atoms with van der Waals surface area (Å²) in [5.41, 5.74) is 2.78. The fourth-order valence-electron chi connectivity index (χ4n) is 3.71. The van der Waals surface area contributed by atoms with E-state index in [0.29, 0.717) is 5.02 Å². The first-order valence-corrected chi connectivity index (χ1v) is 10.4. The lowest BCUT2D eigenvalue weighted by atomic mass is 9.94. The number of halogens is 2. The molecule has 0 bridgehead atoms. The van der Waals surface area contributed by atoms with Crippen molar-refractivity contribution in [2.75, 3.05) is 13.1 Å². The van der Waals surface area contributed by atoms with Gasteiger partial charge in [0, 0.05) is 17.6 Å². The Hall–Kier alpha value is -1.36. The van der Waals surface area contributed by atoms with E-state index in [1.165, 1.54) is 5.56 Å². The van der Waals surface area contributed by atoms with Crippen LogP contribution < -0.4 is 0 Å². The standard InChI is InChI=1S/C22H25BrClNO2/c1-16-11-19(23)20(24)12-18(16)13-21(26)27-22(2)9-6-10-25(15-22)14-17-7-4-3-5-8-17/h3-5,7-8,11-12H,6,9-10,13-15H2,1-2H3. The third-order valence-corrected chi connectivity index (χ3v) is 6.26. The number of carbonyl (C=O) groups is 1. The minimum atomic E-state index is -0.447. The van der Waals surface area contributed by atoms with Gasteiger partial charge in [-0.3, -0.25) is 9.69 Å². The molecule has 1 fully saturated rings. The van der Waals surface area contributed by atoms with E-state index in [1.807, 2.05) is 32.0 Å². The van der Waals surface area contributed by atoms with Crippen molar-refractivity contribution in [2.24, 2.45) is 0 Å². The molecule has 1 unspecified atom stereocenters. The fourth-order valence-corrected chi connectivity index (χ4v) is 4.36. The minimum Gasteiger partial charge on any atom is -0.458 e. The SMILES string of the molecule is Cc1cc(Br)c(Cl)cc1CC(=O)OC1(C)CCCN(Cc2ccccc2)C1. The van der Waals surface area contributed by atoms with Crippen molar-refractivity contribution in [1.82, 2.24) is 4.90 Å². The van der Waals surface area contributed by atoms with Crippen molar-refractivity contribution in [2.45, 2.75) is 45.3 Å². The Kier molecular flexibility index (Phi) is 6.61. The van der Waals surface area contributed by atoms with Gasteiger partial charge in [-0.1, -0.05) is 41.9 Å². The van der Waals surface area contributed by atoms with Crippen LogP contribution in [0.3, 0.4) is 0 Å². The lowest BCUT2D eigenvalue weighted by Crippen LogP contribution is -2.48. The number of benzene rings is 2. The van der Waals surface area contributed by atoms with Gasteiger partial charge in [0.1, 0.15) is 5.60 Å². The summed E-state index contributed by atoms with van der Waals surface area (Å²) in [7, 11) is 0. The number of nitrogens with zero attached hydrogens (tertiary/aromatic N) is 1. The van der Waals surface area contributed by atoms with E-state index in [-0.39, 0.29) is 12.4 Å². The van der Waals surface area contributed by atoms with Gasteiger partial charge in [-0.15, -0.1) is 0 Å². The highest BCUT2D eigenvalue weighted by atomic mass is 79.9. The fraction of sp³-hybridized carbons (Fsp3) is 0.409. The van der Waals surface area contributed by atoms with Crippen LogP contribution in [0.1, 0.15) is 36.5 Å². The second-order valence-corrected chi connectivity index (χ2v) is 8.85. The maximum atomic E-state index is 12.6. The average Bonchev–Trinajstić information content (AvgIpc) is 2.60. The molecule has 2 aromatic rings. The molecule has 0 radical (unpaired) electrons. The molecule has 1 atom stereocenters. The van der Waals surface area contributed by atoms with Gasteiger partial charge in [0.25, 0.3) is 0 Å². The molecule has 0 amide bonds. The summed E-state index contributed by atoms with van der Waals surface area (Å²) in [4.78, 5) is 15.0. The number of hydrogen-bond acceptors (Lipinski definition) is 3. The van der Waals surface area contributed by atoms with Gasteiger partial charge in [-0.25, -0.2) is 0 Å². The summed E-state index contributed by atoms with van der Waals surface area (Å²) in [6, 6.07) is 14.2. The summed E-state index contributed by atoms with van der Waals surface area (Å²) >= 11 is 9.59. The Bertz CT molecular complexity index is 811. The maximum Gasteiger partial charge on any atom is 0.310 e. The molecular weight excluding hydrogens is 426 g/mol. The Balaban J connectivity index is 1.61. The zero-order chi connectivity index (χ0) is 19.4. The zero-order valence-electron chi connectivity index (χ0n) is 15.8. The summed E-state index contributed by atoms with van der Waals surface area (Å²) in [5.74, 6) is -0.194. The van der Waals surface area contributed by atoms with Crippen LogP contribution in [-0.4, -0.2) is 29.6 Å². The van der Waals surface area contributed by atoms with Crippen LogP contribution in [-0.2, 0) is 22.5 Å². The Morgan fingerprint density at radius 1 is 1.30 bits per heavy atom. The Morgan fingerprint density at radius 3 is 2.78 bits per heavy atom. The monoisotopic (exact) mass is 449 g/mol. The minimum absolute atomic E-state index is 0.194. The van der Waals surface area contributed by atoms with Gasteiger partial charge in [-0.05, 0) is 78.0 Å².